The Hall–Kier alpha value is -6.32. The number of aromatic nitrogens is 3. The van der Waals surface area contributed by atoms with Gasteiger partial charge in [0.15, 0.2) is 17.4 Å². The van der Waals surface area contributed by atoms with Gasteiger partial charge in [-0.25, -0.2) is 13.8 Å². The van der Waals surface area contributed by atoms with E-state index in [0.717, 1.165) is 84.7 Å². The smallest absolute Gasteiger partial charge is 0.257 e. The average molecular weight is 926 g/mol. The molecule has 13 nitrogen and oxygen atoms in total. The quantitative estimate of drug-likeness (QED) is 0.0732. The molecule has 1 aromatic carbocycles. The first-order chi connectivity index (χ1) is 32.7. The number of pyridine rings is 3. The van der Waals surface area contributed by atoms with E-state index in [9.17, 15) is 19.2 Å². The van der Waals surface area contributed by atoms with E-state index in [1.165, 1.54) is 23.9 Å². The fraction of sp³-hybridized carbons (Fsp3) is 0.434. The number of carbonyl (C=O) groups excluding carboxylic acids is 3. The molecule has 1 saturated carbocycles. The number of aryl methyl sites for hydroxylation is 1. The van der Waals surface area contributed by atoms with Gasteiger partial charge in [0.2, 0.25) is 11.8 Å². The molecule has 6 heterocycles. The van der Waals surface area contributed by atoms with Crippen LogP contribution in [0.25, 0.3) is 17.3 Å². The molecule has 3 aliphatic heterocycles. The number of ketones is 1. The van der Waals surface area contributed by atoms with E-state index < -0.39 is 17.8 Å². The van der Waals surface area contributed by atoms with Crippen molar-refractivity contribution in [3.05, 3.63) is 128 Å². The summed E-state index contributed by atoms with van der Waals surface area (Å²) in [5, 5.41) is 8.33. The van der Waals surface area contributed by atoms with Crippen molar-refractivity contribution >= 4 is 46.4 Å². The normalized spacial score (nSPS) is 22.8. The SMILES string of the molecule is CNc1ccn(-c2ccnc3c2C=C(C(C)N2CC=C(c4c(C)cc(C(=O)C=C5CCC(CN6CCN(c7ncc(NC8CCC(=O)NC8=O)cc7F)C[C@@H]6C)CC5)cc4F)CC2)[C@H]3C)c(=O)c1. The van der Waals surface area contributed by atoms with Gasteiger partial charge in [-0.15, -0.1) is 0 Å². The third-order valence-electron chi connectivity index (χ3n) is 14.9. The molecular formula is C53H61F2N9O4. The molecule has 5 aliphatic rings. The lowest BCUT2D eigenvalue weighted by Crippen LogP contribution is -2.53. The number of fused-ring (bicyclic) bond motifs is 1. The molecule has 3 N–H and O–H groups in total. The summed E-state index contributed by atoms with van der Waals surface area (Å²) >= 11 is 0. The number of piperazine rings is 1. The van der Waals surface area contributed by atoms with Crippen LogP contribution in [-0.2, 0) is 9.59 Å². The van der Waals surface area contributed by atoms with Gasteiger partial charge in [-0.1, -0.05) is 18.6 Å². The number of nitrogens with one attached hydrogen (secondary N) is 3. The summed E-state index contributed by atoms with van der Waals surface area (Å²) in [6.07, 6.45) is 16.0. The summed E-state index contributed by atoms with van der Waals surface area (Å²) in [5.41, 5.74) is 8.78. The van der Waals surface area contributed by atoms with E-state index in [0.29, 0.717) is 55.2 Å². The van der Waals surface area contributed by atoms with Crippen LogP contribution >= 0.6 is 0 Å². The standard InChI is InChI=1S/C53H61F2N9O4/c1-31-22-38(24-43(54)50(31)37-13-17-61(18-14-37)34(4)41-27-42-46(12-16-57-51(42)33(41)3)64-19-15-39(56-5)26-49(64)67)47(65)23-35-6-8-36(9-7-35)30-62-20-21-63(29-32(62)2)52-44(55)25-40(28-58-52)59-45-10-11-48(66)60-53(45)68/h12-13,15-16,19,22-28,32-34,36,45,56,59H,6-11,14,17-18,20-21,29-30H2,1-5H3,(H,60,66,68)/t32-,33+,34?,36?,45?/m0/s1. The number of anilines is 3. The van der Waals surface area contributed by atoms with E-state index in [2.05, 4.69) is 63.7 Å². The lowest BCUT2D eigenvalue weighted by atomic mass is 9.84. The van der Waals surface area contributed by atoms with E-state index in [1.54, 1.807) is 36.2 Å². The van der Waals surface area contributed by atoms with Crippen molar-refractivity contribution in [2.45, 2.75) is 96.7 Å². The van der Waals surface area contributed by atoms with Crippen molar-refractivity contribution in [3.8, 4) is 5.69 Å². The molecule has 9 rings (SSSR count). The third kappa shape index (κ3) is 9.68. The first kappa shape index (κ1) is 46.8. The van der Waals surface area contributed by atoms with Gasteiger partial charge in [-0.3, -0.25) is 43.8 Å². The maximum Gasteiger partial charge on any atom is 0.257 e. The molecule has 0 spiro atoms. The minimum atomic E-state index is -0.610. The summed E-state index contributed by atoms with van der Waals surface area (Å²) in [6, 6.07) is 9.63. The Bertz CT molecular complexity index is 2770. The highest BCUT2D eigenvalue weighted by molar-refractivity contribution is 6.05. The predicted octanol–water partition coefficient (Wildman–Crippen LogP) is 7.66. The Morgan fingerprint density at radius 3 is 2.46 bits per heavy atom. The topological polar surface area (TPSA) is 145 Å². The largest absolute Gasteiger partial charge is 0.388 e. The Kier molecular flexibility index (Phi) is 13.6. The van der Waals surface area contributed by atoms with Crippen LogP contribution in [0.2, 0.25) is 0 Å². The van der Waals surface area contributed by atoms with Crippen molar-refractivity contribution in [1.82, 2.24) is 29.7 Å². The van der Waals surface area contributed by atoms with Crippen LogP contribution in [0.4, 0.5) is 26.0 Å². The van der Waals surface area contributed by atoms with Crippen LogP contribution in [-0.4, -0.2) is 106 Å². The first-order valence-corrected chi connectivity index (χ1v) is 24.1. The summed E-state index contributed by atoms with van der Waals surface area (Å²) in [7, 11) is 1.79. The van der Waals surface area contributed by atoms with Gasteiger partial charge in [-0.05, 0) is 118 Å². The van der Waals surface area contributed by atoms with Gasteiger partial charge in [0.1, 0.15) is 11.9 Å². The number of rotatable bonds is 12. The number of piperidine rings is 1. The average Bonchev–Trinajstić information content (AvgIpc) is 3.67. The van der Waals surface area contributed by atoms with Crippen molar-refractivity contribution in [1.29, 1.82) is 0 Å². The van der Waals surface area contributed by atoms with Gasteiger partial charge in [-0.2, -0.15) is 0 Å². The minimum absolute atomic E-state index is 0.0775. The zero-order valence-corrected chi connectivity index (χ0v) is 39.6. The summed E-state index contributed by atoms with van der Waals surface area (Å²) in [6.45, 7) is 12.8. The second-order valence-electron chi connectivity index (χ2n) is 19.2. The van der Waals surface area contributed by atoms with E-state index in [4.69, 9.17) is 4.98 Å². The maximum atomic E-state index is 16.0. The Labute approximate surface area is 396 Å². The fourth-order valence-corrected chi connectivity index (χ4v) is 10.9. The highest BCUT2D eigenvalue weighted by Crippen LogP contribution is 2.41. The van der Waals surface area contributed by atoms with Crippen molar-refractivity contribution in [2.75, 3.05) is 61.8 Å². The van der Waals surface area contributed by atoms with Crippen LogP contribution < -0.4 is 26.4 Å². The van der Waals surface area contributed by atoms with Gasteiger partial charge < -0.3 is 15.5 Å². The lowest BCUT2D eigenvalue weighted by Gasteiger charge is -2.42. The molecule has 68 heavy (non-hydrogen) atoms. The van der Waals surface area contributed by atoms with Gasteiger partial charge >= 0.3 is 0 Å². The minimum Gasteiger partial charge on any atom is -0.388 e. The number of nitrogens with zero attached hydrogens (tertiary/aromatic N) is 6. The molecule has 2 unspecified atom stereocenters. The number of hydrogen-bond donors (Lipinski definition) is 3. The summed E-state index contributed by atoms with van der Waals surface area (Å²) in [5.74, 6) is -0.864. The van der Waals surface area contributed by atoms with Crippen LogP contribution in [0, 0.1) is 24.5 Å². The second-order valence-corrected chi connectivity index (χ2v) is 19.2. The number of halogens is 2. The molecule has 2 saturated heterocycles. The summed E-state index contributed by atoms with van der Waals surface area (Å²) in [4.78, 5) is 66.2. The van der Waals surface area contributed by atoms with E-state index >= 15 is 8.78 Å². The lowest BCUT2D eigenvalue weighted by molar-refractivity contribution is -0.133. The Balaban J connectivity index is 0.764. The van der Waals surface area contributed by atoms with Crippen molar-refractivity contribution in [3.63, 3.8) is 0 Å². The van der Waals surface area contributed by atoms with Crippen LogP contribution in [0.3, 0.4) is 0 Å². The van der Waals surface area contributed by atoms with Crippen molar-refractivity contribution in [2.24, 2.45) is 5.92 Å². The third-order valence-corrected chi connectivity index (χ3v) is 14.9. The molecule has 3 aromatic heterocycles. The number of amides is 2. The number of benzene rings is 1. The Morgan fingerprint density at radius 1 is 0.956 bits per heavy atom. The molecule has 4 atom stereocenters. The first-order valence-electron chi connectivity index (χ1n) is 24.1. The monoisotopic (exact) mass is 925 g/mol. The number of hydrogen-bond acceptors (Lipinski definition) is 11. The zero-order chi connectivity index (χ0) is 47.8. The molecule has 15 heteroatoms. The zero-order valence-electron chi connectivity index (χ0n) is 39.6. The predicted molar refractivity (Wildman–Crippen MR) is 262 cm³/mol. The number of imide groups is 1. The molecule has 0 radical (unpaired) electrons. The van der Waals surface area contributed by atoms with Gasteiger partial charge in [0.05, 0.1) is 23.3 Å². The summed E-state index contributed by atoms with van der Waals surface area (Å²) < 4.78 is 33.0. The van der Waals surface area contributed by atoms with Crippen LogP contribution in [0.5, 0.6) is 0 Å². The van der Waals surface area contributed by atoms with E-state index in [1.807, 2.05) is 30.0 Å². The maximum absolute atomic E-state index is 16.0. The molecule has 4 aromatic rings. The molecule has 0 bridgehead atoms. The molecular weight excluding hydrogens is 865 g/mol. The van der Waals surface area contributed by atoms with Crippen LogP contribution in [0.15, 0.2) is 83.1 Å². The Morgan fingerprint density at radius 2 is 1.76 bits per heavy atom. The molecule has 2 aliphatic carbocycles. The highest BCUT2D eigenvalue weighted by atomic mass is 19.1. The molecule has 356 valence electrons. The van der Waals surface area contributed by atoms with Crippen molar-refractivity contribution < 1.29 is 23.2 Å². The fourth-order valence-electron chi connectivity index (χ4n) is 10.9. The number of carbonyl (C=O) groups is 3. The second kappa shape index (κ2) is 19.7. The molecule has 2 amide bonds. The van der Waals surface area contributed by atoms with Gasteiger partial charge in [0, 0.05) is 118 Å². The number of allylic oxidation sites excluding steroid dienone is 2. The van der Waals surface area contributed by atoms with E-state index in [-0.39, 0.29) is 53.3 Å². The highest BCUT2D eigenvalue weighted by Gasteiger charge is 2.34. The van der Waals surface area contributed by atoms with Gasteiger partial charge in [0.25, 0.3) is 5.56 Å². The molecule has 3 fully saturated rings. The van der Waals surface area contributed by atoms with Crippen LogP contribution in [0.1, 0.15) is 104 Å².